The lowest BCUT2D eigenvalue weighted by Gasteiger charge is -2.31. The Hall–Kier alpha value is -1.77. The summed E-state index contributed by atoms with van der Waals surface area (Å²) in [5.74, 6) is 0.799. The van der Waals surface area contributed by atoms with Crippen LogP contribution in [0.2, 0.25) is 0 Å². The van der Waals surface area contributed by atoms with Gasteiger partial charge in [-0.15, -0.1) is 0 Å². The van der Waals surface area contributed by atoms with Gasteiger partial charge in [-0.3, -0.25) is 0 Å². The Labute approximate surface area is 140 Å². The van der Waals surface area contributed by atoms with Crippen LogP contribution in [-0.4, -0.2) is 52.2 Å². The zero-order valence-corrected chi connectivity index (χ0v) is 14.4. The summed E-state index contributed by atoms with van der Waals surface area (Å²) in [6, 6.07) is 7.60. The van der Waals surface area contributed by atoms with E-state index in [1.807, 2.05) is 24.3 Å². The molecular weight excluding hydrogens is 314 g/mol. The van der Waals surface area contributed by atoms with E-state index in [9.17, 15) is 0 Å². The summed E-state index contributed by atoms with van der Waals surface area (Å²) >= 11 is 5.52. The van der Waals surface area contributed by atoms with Gasteiger partial charge >= 0.3 is 0 Å². The van der Waals surface area contributed by atoms with Crippen LogP contribution in [-0.2, 0) is 11.4 Å². The molecule has 23 heavy (non-hydrogen) atoms. The molecule has 1 fully saturated rings. The summed E-state index contributed by atoms with van der Waals surface area (Å²) in [5.41, 5.74) is 0.876. The molecule has 2 aromatic rings. The second-order valence-electron chi connectivity index (χ2n) is 5.94. The standard InChI is InChI=1S/C15H21N5O2S/c1-11-8-18(9-12(2)22-11)10-19-15(23)20(17-16-19)13-4-6-14(21-3)7-5-13/h4-7,11-12H,8-10H2,1-3H3/p+1/t11-,12-/m0/s1. The molecule has 7 nitrogen and oxygen atoms in total. The molecule has 0 spiro atoms. The fraction of sp³-hybridized carbons (Fsp3) is 0.533. The van der Waals surface area contributed by atoms with Crippen molar-refractivity contribution in [1.29, 1.82) is 0 Å². The minimum absolute atomic E-state index is 0.250. The molecule has 1 aliphatic heterocycles. The van der Waals surface area contributed by atoms with E-state index in [1.165, 1.54) is 4.90 Å². The lowest BCUT2D eigenvalue weighted by molar-refractivity contribution is -0.937. The number of quaternary nitrogens is 1. The number of benzene rings is 1. The Morgan fingerprint density at radius 1 is 1.22 bits per heavy atom. The highest BCUT2D eigenvalue weighted by Crippen LogP contribution is 2.14. The van der Waals surface area contributed by atoms with E-state index in [2.05, 4.69) is 24.3 Å². The average Bonchev–Trinajstić information content (AvgIpc) is 2.87. The van der Waals surface area contributed by atoms with E-state index in [0.717, 1.165) is 24.5 Å². The van der Waals surface area contributed by atoms with Crippen molar-refractivity contribution >= 4 is 12.2 Å². The van der Waals surface area contributed by atoms with Gasteiger partial charge in [-0.25, -0.2) is 0 Å². The van der Waals surface area contributed by atoms with Crippen molar-refractivity contribution in [1.82, 2.24) is 19.8 Å². The molecule has 0 bridgehead atoms. The lowest BCUT2D eigenvalue weighted by atomic mass is 10.2. The number of methoxy groups -OCH3 is 1. The summed E-state index contributed by atoms with van der Waals surface area (Å²) in [6.07, 6.45) is 0.499. The number of rotatable bonds is 4. The monoisotopic (exact) mass is 336 g/mol. The molecule has 1 aromatic carbocycles. The second-order valence-corrected chi connectivity index (χ2v) is 6.31. The summed E-state index contributed by atoms with van der Waals surface area (Å²) in [4.78, 5) is 1.40. The average molecular weight is 336 g/mol. The smallest absolute Gasteiger partial charge is 0.225 e. The van der Waals surface area contributed by atoms with Crippen molar-refractivity contribution in [2.24, 2.45) is 0 Å². The Kier molecular flexibility index (Phi) is 4.74. The van der Waals surface area contributed by atoms with Gasteiger partial charge in [0.05, 0.1) is 12.8 Å². The van der Waals surface area contributed by atoms with Gasteiger partial charge in [-0.2, -0.15) is 9.36 Å². The Morgan fingerprint density at radius 3 is 2.48 bits per heavy atom. The van der Waals surface area contributed by atoms with Gasteiger partial charge in [-0.1, -0.05) is 0 Å². The number of morpholine rings is 1. The largest absolute Gasteiger partial charge is 0.497 e. The van der Waals surface area contributed by atoms with Crippen LogP contribution in [0.4, 0.5) is 0 Å². The van der Waals surface area contributed by atoms with E-state index in [-0.39, 0.29) is 12.2 Å². The maximum atomic E-state index is 5.77. The lowest BCUT2D eigenvalue weighted by Crippen LogP contribution is -3.14. The van der Waals surface area contributed by atoms with E-state index in [1.54, 1.807) is 16.5 Å². The predicted molar refractivity (Wildman–Crippen MR) is 87.4 cm³/mol. The summed E-state index contributed by atoms with van der Waals surface area (Å²) in [5, 5.41) is 8.40. The van der Waals surface area contributed by atoms with E-state index >= 15 is 0 Å². The second kappa shape index (κ2) is 6.77. The number of aromatic nitrogens is 4. The van der Waals surface area contributed by atoms with Gasteiger partial charge in [0.15, 0.2) is 6.67 Å². The van der Waals surface area contributed by atoms with Gasteiger partial charge in [0.2, 0.25) is 4.77 Å². The van der Waals surface area contributed by atoms with E-state index in [0.29, 0.717) is 11.4 Å². The van der Waals surface area contributed by atoms with Crippen LogP contribution < -0.4 is 9.64 Å². The van der Waals surface area contributed by atoms with Crippen LogP contribution in [0.25, 0.3) is 5.69 Å². The third-order valence-electron chi connectivity index (χ3n) is 3.95. The van der Waals surface area contributed by atoms with Crippen LogP contribution in [0.15, 0.2) is 24.3 Å². The Bertz CT molecular complexity index is 701. The fourth-order valence-electron chi connectivity index (χ4n) is 2.99. The molecule has 2 heterocycles. The molecule has 1 saturated heterocycles. The zero-order chi connectivity index (χ0) is 16.4. The Balaban J connectivity index is 1.77. The van der Waals surface area contributed by atoms with Crippen LogP contribution in [0, 0.1) is 4.77 Å². The van der Waals surface area contributed by atoms with Gasteiger partial charge in [0.1, 0.15) is 31.0 Å². The van der Waals surface area contributed by atoms with Gasteiger partial charge in [-0.05, 0) is 60.8 Å². The molecule has 0 amide bonds. The third kappa shape index (κ3) is 3.60. The molecule has 0 radical (unpaired) electrons. The van der Waals surface area contributed by atoms with Crippen LogP contribution in [0.3, 0.4) is 0 Å². The summed E-state index contributed by atoms with van der Waals surface area (Å²) in [6.45, 7) is 6.79. The van der Waals surface area contributed by atoms with Crippen LogP contribution >= 0.6 is 12.2 Å². The molecule has 0 aliphatic carbocycles. The van der Waals surface area contributed by atoms with Crippen LogP contribution in [0.1, 0.15) is 13.8 Å². The molecule has 1 N–H and O–H groups in total. The molecule has 1 aliphatic rings. The quantitative estimate of drug-likeness (QED) is 0.822. The van der Waals surface area contributed by atoms with Crippen molar-refractivity contribution in [3.63, 3.8) is 0 Å². The maximum Gasteiger partial charge on any atom is 0.225 e. The number of hydrogen-bond donors (Lipinski definition) is 1. The summed E-state index contributed by atoms with van der Waals surface area (Å²) in [7, 11) is 1.64. The molecule has 0 unspecified atom stereocenters. The topological polar surface area (TPSA) is 58.5 Å². The van der Waals surface area contributed by atoms with Crippen molar-refractivity contribution in [3.8, 4) is 11.4 Å². The number of hydrogen-bond acceptors (Lipinski definition) is 5. The molecule has 1 aromatic heterocycles. The normalized spacial score (nSPS) is 24.6. The Morgan fingerprint density at radius 2 is 1.87 bits per heavy atom. The van der Waals surface area contributed by atoms with Gasteiger partial charge in [0.25, 0.3) is 0 Å². The van der Waals surface area contributed by atoms with Crippen molar-refractivity contribution < 1.29 is 14.4 Å². The molecule has 3 rings (SSSR count). The fourth-order valence-corrected chi connectivity index (χ4v) is 3.23. The first kappa shape index (κ1) is 16.1. The van der Waals surface area contributed by atoms with Crippen molar-refractivity contribution in [3.05, 3.63) is 29.0 Å². The van der Waals surface area contributed by atoms with Crippen molar-refractivity contribution in [2.75, 3.05) is 20.2 Å². The first-order valence-corrected chi connectivity index (χ1v) is 8.14. The minimum Gasteiger partial charge on any atom is -0.497 e. The number of tetrazole rings is 1. The third-order valence-corrected chi connectivity index (χ3v) is 4.33. The first-order chi connectivity index (χ1) is 11.1. The molecule has 0 saturated carbocycles. The molecule has 124 valence electrons. The van der Waals surface area contributed by atoms with E-state index in [4.69, 9.17) is 21.7 Å². The highest BCUT2D eigenvalue weighted by atomic mass is 32.1. The van der Waals surface area contributed by atoms with E-state index < -0.39 is 0 Å². The number of nitrogens with zero attached hydrogens (tertiary/aromatic N) is 4. The molecular formula is C15H22N5O2S+. The van der Waals surface area contributed by atoms with Crippen molar-refractivity contribution in [2.45, 2.75) is 32.7 Å². The van der Waals surface area contributed by atoms with Gasteiger partial charge < -0.3 is 14.4 Å². The first-order valence-electron chi connectivity index (χ1n) is 7.73. The minimum atomic E-state index is 0.250. The van der Waals surface area contributed by atoms with Gasteiger partial charge in [0, 0.05) is 0 Å². The highest BCUT2D eigenvalue weighted by molar-refractivity contribution is 7.71. The SMILES string of the molecule is COc1ccc(-n2nnn(C[NH+]3C[C@H](C)O[C@@H](C)C3)c2=S)cc1. The maximum absolute atomic E-state index is 5.77. The molecule has 2 atom stereocenters. The highest BCUT2D eigenvalue weighted by Gasteiger charge is 2.26. The predicted octanol–water partition coefficient (Wildman–Crippen LogP) is 0.456. The zero-order valence-electron chi connectivity index (χ0n) is 13.6. The number of ether oxygens (including phenoxy) is 2. The van der Waals surface area contributed by atoms with Crippen LogP contribution in [0.5, 0.6) is 5.75 Å². The molecule has 8 heteroatoms. The number of nitrogens with one attached hydrogen (secondary N) is 1. The summed E-state index contributed by atoms with van der Waals surface area (Å²) < 4.78 is 15.0.